The molecule has 24 nitrogen and oxygen atoms in total. The van der Waals surface area contributed by atoms with Gasteiger partial charge in [-0.25, -0.2) is 9.97 Å². The molecule has 75 heavy (non-hydrogen) atoms. The summed E-state index contributed by atoms with van der Waals surface area (Å²) in [6.45, 7) is 4.90. The van der Waals surface area contributed by atoms with Gasteiger partial charge < -0.3 is 9.84 Å². The number of benzene rings is 5. The van der Waals surface area contributed by atoms with Gasteiger partial charge in [0.1, 0.15) is 23.1 Å². The van der Waals surface area contributed by atoms with Gasteiger partial charge in [-0.3, -0.25) is 22.6 Å². The molecule has 0 bridgehead atoms. The number of hydrogen-bond donors (Lipinski definition) is 5. The first-order chi connectivity index (χ1) is 35.2. The third-order valence-electron chi connectivity index (χ3n) is 10.6. The third kappa shape index (κ3) is 14.3. The van der Waals surface area contributed by atoms with Crippen LogP contribution in [-0.4, -0.2) is 101 Å². The number of ether oxygens (including phenoxy) is 1. The first-order valence-corrected chi connectivity index (χ1v) is 29.9. The topological polar surface area (TPSA) is 375 Å². The van der Waals surface area contributed by atoms with Gasteiger partial charge in [0.2, 0.25) is 11.0 Å². The van der Waals surface area contributed by atoms with Gasteiger partial charge in [0.25, 0.3) is 40.5 Å². The first-order valence-electron chi connectivity index (χ1n) is 21.6. The fourth-order valence-electron chi connectivity index (χ4n) is 7.18. The average molecular weight is 1140 g/mol. The Kier molecular flexibility index (Phi) is 16.8. The molecule has 3 heterocycles. The van der Waals surface area contributed by atoms with Crippen LogP contribution in [0.15, 0.2) is 119 Å². The SMILES string of the molecule is CS(=O)(=O)O.Cc1cc(N=Nc2cc(OCCCS(=O)(=O)O)c(N=Nc3c(C)c(C#N)c4nc5ccccc5n4c3O)cc2C)c(SCCCS(=O)(=O)O)cc1N=Nc1nc2ccc3ccc(S(=O)(=O)O)cc3c2s1. The van der Waals surface area contributed by atoms with Crippen molar-refractivity contribution in [3.05, 3.63) is 101 Å². The summed E-state index contributed by atoms with van der Waals surface area (Å²) >= 11 is 2.40. The second-order valence-corrected chi connectivity index (χ2v) is 24.5. The normalized spacial score (nSPS) is 12.7. The fraction of sp³-hybridized carbons (Fsp3) is 0.222. The molecule has 3 aromatic heterocycles. The Bertz CT molecular complexity index is 4170. The zero-order chi connectivity index (χ0) is 54.6. The molecule has 0 amide bonds. The zero-order valence-electron chi connectivity index (χ0n) is 39.6. The van der Waals surface area contributed by atoms with Crippen LogP contribution >= 0.6 is 23.1 Å². The fourth-order valence-corrected chi connectivity index (χ4v) is 10.7. The van der Waals surface area contributed by atoms with Crippen LogP contribution in [0.3, 0.4) is 0 Å². The van der Waals surface area contributed by atoms with Crippen LogP contribution in [-0.2, 0) is 40.5 Å². The Morgan fingerprint density at radius 2 is 1.33 bits per heavy atom. The van der Waals surface area contributed by atoms with E-state index < -0.39 is 52.0 Å². The molecule has 0 unspecified atom stereocenters. The van der Waals surface area contributed by atoms with Crippen molar-refractivity contribution >= 4 is 135 Å². The minimum absolute atomic E-state index is 0.0171. The monoisotopic (exact) mass is 1140 g/mol. The number of fused-ring (bicyclic) bond motifs is 6. The van der Waals surface area contributed by atoms with Crippen molar-refractivity contribution in [2.45, 2.75) is 43.4 Å². The van der Waals surface area contributed by atoms with Crippen LogP contribution in [0.1, 0.15) is 35.1 Å². The van der Waals surface area contributed by atoms with E-state index in [1.807, 2.05) is 0 Å². The van der Waals surface area contributed by atoms with Crippen molar-refractivity contribution in [1.29, 1.82) is 5.26 Å². The van der Waals surface area contributed by atoms with Crippen LogP contribution in [0, 0.1) is 32.1 Å². The van der Waals surface area contributed by atoms with E-state index in [2.05, 4.69) is 46.7 Å². The second-order valence-electron chi connectivity index (χ2n) is 16.3. The number of imidazole rings is 1. The standard InChI is InChI=1S/C44H38N10O11S5.CH4O3S/c1-24-18-35(50-52-40-26(3)30(23-45)42-46-31-8-4-5-9-37(31)54(42)43(40)55)38(65-14-6-16-68(56,57)58)21-33(24)48-51-36-19-25(2)34(22-39(36)66-15-7-17-69(59,60)61)49-53-44-47-32-13-11-27-10-12-28(70(62,63)64)20-29(27)41(32)67-44;1-5(2,3)4/h4-5,8-13,18-22,55H,6-7,14-17H2,1-3H3,(H,56,57,58)(H,59,60,61)(H,62,63,64);1H3,(H,2,3,4). The molecule has 392 valence electrons. The van der Waals surface area contributed by atoms with Crippen LogP contribution in [0.5, 0.6) is 11.6 Å². The molecule has 0 fully saturated rings. The average Bonchev–Trinajstić information content (AvgIpc) is 3.92. The molecule has 30 heteroatoms. The third-order valence-corrected chi connectivity index (χ3v) is 15.2. The molecule has 8 aromatic rings. The Labute approximate surface area is 436 Å². The highest BCUT2D eigenvalue weighted by atomic mass is 32.2. The van der Waals surface area contributed by atoms with E-state index in [4.69, 9.17) is 9.29 Å². The number of thioether (sulfide) groups is 1. The number of pyridine rings is 1. The summed E-state index contributed by atoms with van der Waals surface area (Å²) in [6, 6.07) is 23.4. The van der Waals surface area contributed by atoms with Crippen LogP contribution in [0.2, 0.25) is 0 Å². The Balaban J connectivity index is 0.00000157. The minimum atomic E-state index is -4.46. The molecule has 0 spiro atoms. The predicted molar refractivity (Wildman–Crippen MR) is 281 cm³/mol. The summed E-state index contributed by atoms with van der Waals surface area (Å²) in [5.74, 6) is -1.05. The lowest BCUT2D eigenvalue weighted by molar-refractivity contribution is 0.317. The lowest BCUT2D eigenvalue weighted by atomic mass is 10.1. The van der Waals surface area contributed by atoms with E-state index in [1.54, 1.807) is 81.4 Å². The molecule has 0 radical (unpaired) electrons. The lowest BCUT2D eigenvalue weighted by Gasteiger charge is -2.12. The van der Waals surface area contributed by atoms with Gasteiger partial charge in [0.15, 0.2) is 11.3 Å². The second kappa shape index (κ2) is 22.5. The Morgan fingerprint density at radius 1 is 0.720 bits per heavy atom. The largest absolute Gasteiger partial charge is 0.493 e. The minimum Gasteiger partial charge on any atom is -0.493 e. The van der Waals surface area contributed by atoms with Gasteiger partial charge in [-0.15, -0.1) is 37.3 Å². The van der Waals surface area contributed by atoms with Crippen LogP contribution < -0.4 is 4.74 Å². The van der Waals surface area contributed by atoms with Gasteiger partial charge >= 0.3 is 0 Å². The van der Waals surface area contributed by atoms with Gasteiger partial charge in [0.05, 0.1) is 67.6 Å². The molecule has 0 saturated heterocycles. The highest BCUT2D eigenvalue weighted by Crippen LogP contribution is 2.43. The van der Waals surface area contributed by atoms with Crippen molar-refractivity contribution in [3.63, 3.8) is 0 Å². The van der Waals surface area contributed by atoms with E-state index in [9.17, 15) is 57.7 Å². The number of para-hydroxylation sites is 2. The van der Waals surface area contributed by atoms with E-state index in [0.717, 1.165) is 5.39 Å². The number of rotatable bonds is 17. The molecule has 0 atom stereocenters. The zero-order valence-corrected chi connectivity index (χ0v) is 44.5. The number of aromatic nitrogens is 3. The maximum Gasteiger partial charge on any atom is 0.294 e. The number of aromatic hydroxyl groups is 1. The van der Waals surface area contributed by atoms with Crippen molar-refractivity contribution in [2.75, 3.05) is 30.1 Å². The number of azo groups is 3. The first kappa shape index (κ1) is 55.8. The summed E-state index contributed by atoms with van der Waals surface area (Å²) in [5.41, 5.74) is 4.64. The molecule has 8 rings (SSSR count). The number of nitrogens with zero attached hydrogens (tertiary/aromatic N) is 10. The smallest absolute Gasteiger partial charge is 0.294 e. The van der Waals surface area contributed by atoms with Crippen molar-refractivity contribution < 1.29 is 61.7 Å². The molecule has 5 aromatic carbocycles. The lowest BCUT2D eigenvalue weighted by Crippen LogP contribution is -2.08. The van der Waals surface area contributed by atoms with Crippen molar-refractivity contribution in [2.24, 2.45) is 30.7 Å². The summed E-state index contributed by atoms with van der Waals surface area (Å²) < 4.78 is 132. The molecule has 0 aliphatic rings. The van der Waals surface area contributed by atoms with Gasteiger partial charge in [-0.1, -0.05) is 35.6 Å². The molecular weight excluding hydrogens is 1100 g/mol. The molecule has 5 N–H and O–H groups in total. The van der Waals surface area contributed by atoms with Crippen molar-refractivity contribution in [1.82, 2.24) is 14.4 Å². The molecule has 0 aliphatic heterocycles. The highest BCUT2D eigenvalue weighted by Gasteiger charge is 2.22. The molecule has 0 saturated carbocycles. The summed E-state index contributed by atoms with van der Waals surface area (Å²) in [4.78, 5) is 9.33. The maximum absolute atomic E-state index is 11.9. The Morgan fingerprint density at radius 3 is 2.01 bits per heavy atom. The summed E-state index contributed by atoms with van der Waals surface area (Å²) in [7, 11) is -16.7. The van der Waals surface area contributed by atoms with Gasteiger partial charge in [0, 0.05) is 21.9 Å². The number of thiazole rings is 1. The van der Waals surface area contributed by atoms with Crippen LogP contribution in [0.4, 0.5) is 33.6 Å². The summed E-state index contributed by atoms with van der Waals surface area (Å²) in [5, 5.41) is 49.8. The quantitative estimate of drug-likeness (QED) is 0.0245. The number of nitriles is 1. The summed E-state index contributed by atoms with van der Waals surface area (Å²) in [6.07, 6.45) is 0.719. The van der Waals surface area contributed by atoms with Gasteiger partial charge in [-0.05, 0) is 104 Å². The predicted octanol–water partition coefficient (Wildman–Crippen LogP) is 10.8. The Hall–Kier alpha value is -6.92. The van der Waals surface area contributed by atoms with E-state index in [-0.39, 0.29) is 75.1 Å². The van der Waals surface area contributed by atoms with Crippen molar-refractivity contribution in [3.8, 4) is 17.7 Å². The van der Waals surface area contributed by atoms with E-state index >= 15 is 0 Å². The highest BCUT2D eigenvalue weighted by molar-refractivity contribution is 7.99. The molecular formula is C45H42N10O14S6. The van der Waals surface area contributed by atoms with Gasteiger partial charge in [-0.2, -0.15) is 44.0 Å². The maximum atomic E-state index is 11.9. The number of aryl methyl sites for hydroxylation is 2. The van der Waals surface area contributed by atoms with E-state index in [1.165, 1.54) is 45.7 Å². The van der Waals surface area contributed by atoms with Crippen LogP contribution in [0.25, 0.3) is 37.7 Å². The molecule has 0 aliphatic carbocycles. The van der Waals surface area contributed by atoms with E-state index in [0.29, 0.717) is 65.9 Å². The number of hydrogen-bond acceptors (Lipinski definition) is 21.